The van der Waals surface area contributed by atoms with E-state index in [0.29, 0.717) is 23.2 Å². The molecule has 0 bridgehead atoms. The van der Waals surface area contributed by atoms with Gasteiger partial charge in [-0.2, -0.15) is 0 Å². The topological polar surface area (TPSA) is 82.8 Å². The molecule has 1 aromatic heterocycles. The van der Waals surface area contributed by atoms with Gasteiger partial charge in [0.25, 0.3) is 5.56 Å². The molecule has 1 heterocycles. The zero-order valence-corrected chi connectivity index (χ0v) is 19.4. The summed E-state index contributed by atoms with van der Waals surface area (Å²) in [5.41, 5.74) is 2.29. The molecule has 0 aliphatic rings. The molecule has 3 aromatic rings. The largest absolute Gasteiger partial charge is 0.465 e. The lowest BCUT2D eigenvalue weighted by molar-refractivity contribution is 0.0937. The number of aromatic nitrogens is 1. The minimum atomic E-state index is -1.04. The van der Waals surface area contributed by atoms with E-state index in [4.69, 9.17) is 0 Å². The van der Waals surface area contributed by atoms with Crippen molar-refractivity contribution in [3.05, 3.63) is 70.1 Å². The van der Waals surface area contributed by atoms with Crippen molar-refractivity contribution in [2.24, 2.45) is 5.92 Å². The molecule has 0 saturated carbocycles. The SMILES string of the molecule is CC(C)Cn1c(CN(C(=O)O)C(C)(C)C)c(-c2ccccc2)c2cc(CO)ccc2c1=O. The highest BCUT2D eigenvalue weighted by Crippen LogP contribution is 2.33. The van der Waals surface area contributed by atoms with E-state index >= 15 is 0 Å². The molecule has 32 heavy (non-hydrogen) atoms. The van der Waals surface area contributed by atoms with Crippen LogP contribution in [0.4, 0.5) is 4.79 Å². The molecular formula is C26H32N2O4. The third-order valence-corrected chi connectivity index (χ3v) is 5.58. The van der Waals surface area contributed by atoms with Crippen LogP contribution in [0.3, 0.4) is 0 Å². The Morgan fingerprint density at radius 2 is 1.72 bits per heavy atom. The summed E-state index contributed by atoms with van der Waals surface area (Å²) in [6.45, 7) is 10.0. The van der Waals surface area contributed by atoms with Crippen LogP contribution in [0, 0.1) is 5.92 Å². The van der Waals surface area contributed by atoms with Crippen LogP contribution in [0.15, 0.2) is 53.3 Å². The molecule has 2 aromatic carbocycles. The fourth-order valence-corrected chi connectivity index (χ4v) is 4.03. The molecule has 170 valence electrons. The van der Waals surface area contributed by atoms with E-state index in [1.165, 1.54) is 4.90 Å². The maximum atomic E-state index is 13.6. The summed E-state index contributed by atoms with van der Waals surface area (Å²) >= 11 is 0. The third-order valence-electron chi connectivity index (χ3n) is 5.58. The van der Waals surface area contributed by atoms with Crippen molar-refractivity contribution < 1.29 is 15.0 Å². The highest BCUT2D eigenvalue weighted by Gasteiger charge is 2.29. The highest BCUT2D eigenvalue weighted by atomic mass is 16.4. The zero-order chi connectivity index (χ0) is 23.6. The van der Waals surface area contributed by atoms with Gasteiger partial charge in [0.2, 0.25) is 0 Å². The number of pyridine rings is 1. The van der Waals surface area contributed by atoms with Crippen LogP contribution in [0.5, 0.6) is 0 Å². The van der Waals surface area contributed by atoms with Gasteiger partial charge < -0.3 is 14.8 Å². The molecule has 0 aliphatic heterocycles. The lowest BCUT2D eigenvalue weighted by Crippen LogP contribution is -2.45. The fourth-order valence-electron chi connectivity index (χ4n) is 4.03. The number of amides is 1. The fraction of sp³-hybridized carbons (Fsp3) is 0.385. The summed E-state index contributed by atoms with van der Waals surface area (Å²) in [4.78, 5) is 27.2. The third kappa shape index (κ3) is 4.70. The Bertz CT molecular complexity index is 1170. The van der Waals surface area contributed by atoms with Crippen molar-refractivity contribution in [1.82, 2.24) is 9.47 Å². The Labute approximate surface area is 188 Å². The second-order valence-corrected chi connectivity index (χ2v) is 9.57. The Hall–Kier alpha value is -3.12. The normalized spacial score (nSPS) is 11.8. The average Bonchev–Trinajstić information content (AvgIpc) is 2.73. The average molecular weight is 437 g/mol. The second-order valence-electron chi connectivity index (χ2n) is 9.57. The first-order valence-corrected chi connectivity index (χ1v) is 10.9. The number of rotatable bonds is 6. The van der Waals surface area contributed by atoms with Gasteiger partial charge in [-0.05, 0) is 55.3 Å². The molecule has 0 atom stereocenters. The predicted octanol–water partition coefficient (Wildman–Crippen LogP) is 5.10. The molecule has 0 saturated heterocycles. The van der Waals surface area contributed by atoms with Crippen molar-refractivity contribution in [2.75, 3.05) is 0 Å². The monoisotopic (exact) mass is 436 g/mol. The molecular weight excluding hydrogens is 404 g/mol. The quantitative estimate of drug-likeness (QED) is 0.563. The van der Waals surface area contributed by atoms with Crippen LogP contribution >= 0.6 is 0 Å². The lowest BCUT2D eigenvalue weighted by atomic mass is 9.94. The summed E-state index contributed by atoms with van der Waals surface area (Å²) in [6, 6.07) is 15.1. The summed E-state index contributed by atoms with van der Waals surface area (Å²) in [6.07, 6.45) is -1.04. The molecule has 0 unspecified atom stereocenters. The summed E-state index contributed by atoms with van der Waals surface area (Å²) < 4.78 is 1.73. The van der Waals surface area contributed by atoms with Gasteiger partial charge >= 0.3 is 6.09 Å². The first-order valence-electron chi connectivity index (χ1n) is 10.9. The van der Waals surface area contributed by atoms with E-state index in [2.05, 4.69) is 0 Å². The van der Waals surface area contributed by atoms with Crippen LogP contribution < -0.4 is 5.56 Å². The summed E-state index contributed by atoms with van der Waals surface area (Å²) in [5, 5.41) is 21.0. The molecule has 6 heteroatoms. The summed E-state index contributed by atoms with van der Waals surface area (Å²) in [7, 11) is 0. The van der Waals surface area contributed by atoms with Crippen molar-refractivity contribution in [3.8, 4) is 11.1 Å². The van der Waals surface area contributed by atoms with Crippen LogP contribution in [-0.4, -0.2) is 31.3 Å². The Morgan fingerprint density at radius 1 is 1.06 bits per heavy atom. The molecule has 0 spiro atoms. The lowest BCUT2D eigenvalue weighted by Gasteiger charge is -2.35. The number of aliphatic hydroxyl groups excluding tert-OH is 1. The van der Waals surface area contributed by atoms with Gasteiger partial charge in [-0.1, -0.05) is 50.2 Å². The van der Waals surface area contributed by atoms with Crippen LogP contribution in [0.25, 0.3) is 21.9 Å². The molecule has 1 amide bonds. The number of aliphatic hydroxyl groups is 1. The Balaban J connectivity index is 2.47. The second kappa shape index (κ2) is 9.17. The number of carboxylic acid groups (broad SMARTS) is 1. The van der Waals surface area contributed by atoms with Crippen molar-refractivity contribution in [2.45, 2.75) is 59.9 Å². The maximum absolute atomic E-state index is 13.6. The minimum Gasteiger partial charge on any atom is -0.465 e. The van der Waals surface area contributed by atoms with Crippen molar-refractivity contribution in [1.29, 1.82) is 0 Å². The molecule has 0 fully saturated rings. The first-order chi connectivity index (χ1) is 15.0. The number of hydrogen-bond donors (Lipinski definition) is 2. The molecule has 2 N–H and O–H groups in total. The number of hydrogen-bond acceptors (Lipinski definition) is 3. The van der Waals surface area contributed by atoms with E-state index in [1.807, 2.05) is 71.0 Å². The van der Waals surface area contributed by atoms with Gasteiger partial charge in [0.15, 0.2) is 0 Å². The van der Waals surface area contributed by atoms with E-state index in [9.17, 15) is 19.8 Å². The first kappa shape index (κ1) is 23.5. The smallest absolute Gasteiger partial charge is 0.408 e. The number of nitrogens with zero attached hydrogens (tertiary/aromatic N) is 2. The standard InChI is InChI=1S/C26H32N2O4/c1-17(2)14-27-22(15-28(25(31)32)26(3,4)5)23(19-9-7-6-8-10-19)21-13-18(16-29)11-12-20(21)24(27)30/h6-13,17,29H,14-16H2,1-5H3,(H,31,32). The molecule has 3 rings (SSSR count). The summed E-state index contributed by atoms with van der Waals surface area (Å²) in [5.74, 6) is 0.192. The zero-order valence-electron chi connectivity index (χ0n) is 19.4. The van der Waals surface area contributed by atoms with Gasteiger partial charge in [0.05, 0.1) is 13.2 Å². The van der Waals surface area contributed by atoms with Crippen LogP contribution in [0.2, 0.25) is 0 Å². The van der Waals surface area contributed by atoms with Crippen molar-refractivity contribution in [3.63, 3.8) is 0 Å². The van der Waals surface area contributed by atoms with E-state index in [-0.39, 0.29) is 24.6 Å². The van der Waals surface area contributed by atoms with Gasteiger partial charge in [0.1, 0.15) is 0 Å². The highest BCUT2D eigenvalue weighted by molar-refractivity contribution is 5.97. The molecule has 0 radical (unpaired) electrons. The van der Waals surface area contributed by atoms with Crippen LogP contribution in [-0.2, 0) is 19.7 Å². The number of carbonyl (C=O) groups is 1. The van der Waals surface area contributed by atoms with E-state index in [1.54, 1.807) is 16.7 Å². The molecule has 0 aliphatic carbocycles. The number of benzene rings is 2. The Kier molecular flexibility index (Phi) is 6.74. The van der Waals surface area contributed by atoms with Gasteiger partial charge in [-0.3, -0.25) is 9.69 Å². The molecule has 6 nitrogen and oxygen atoms in total. The number of fused-ring (bicyclic) bond motifs is 1. The minimum absolute atomic E-state index is 0.0737. The Morgan fingerprint density at radius 3 is 2.25 bits per heavy atom. The van der Waals surface area contributed by atoms with Crippen LogP contribution in [0.1, 0.15) is 45.9 Å². The van der Waals surface area contributed by atoms with E-state index < -0.39 is 11.6 Å². The van der Waals surface area contributed by atoms with Gasteiger partial charge in [-0.15, -0.1) is 0 Å². The van der Waals surface area contributed by atoms with Gasteiger partial charge in [0, 0.05) is 28.7 Å². The van der Waals surface area contributed by atoms with Crippen molar-refractivity contribution >= 4 is 16.9 Å². The van der Waals surface area contributed by atoms with E-state index in [0.717, 1.165) is 16.5 Å². The maximum Gasteiger partial charge on any atom is 0.408 e. The van der Waals surface area contributed by atoms with Gasteiger partial charge in [-0.25, -0.2) is 4.79 Å². The predicted molar refractivity (Wildman–Crippen MR) is 128 cm³/mol.